The number of nitrogens with zero attached hydrogens (tertiary/aromatic N) is 1. The number of nitro groups is 1. The topological polar surface area (TPSA) is 118 Å². The lowest BCUT2D eigenvalue weighted by molar-refractivity contribution is -0.385. The number of hydrogen-bond acceptors (Lipinski definition) is 5. The first kappa shape index (κ1) is 12.4. The van der Waals surface area contributed by atoms with Crippen LogP contribution in [0.1, 0.15) is 15.9 Å². The van der Waals surface area contributed by atoms with E-state index in [9.17, 15) is 19.7 Å². The summed E-state index contributed by atoms with van der Waals surface area (Å²) < 4.78 is 0. The number of rotatable bonds is 4. The summed E-state index contributed by atoms with van der Waals surface area (Å²) in [4.78, 5) is 31.3. The number of hydrogen-bond donors (Lipinski definition) is 2. The highest BCUT2D eigenvalue weighted by atomic mass is 16.6. The Morgan fingerprint density at radius 1 is 1.35 bits per heavy atom. The Morgan fingerprint density at radius 3 is 2.35 bits per heavy atom. The molecule has 0 bridgehead atoms. The van der Waals surface area contributed by atoms with Crippen LogP contribution in [0.25, 0.3) is 5.57 Å². The summed E-state index contributed by atoms with van der Waals surface area (Å²) in [7, 11) is 0. The van der Waals surface area contributed by atoms with E-state index in [1.807, 2.05) is 0 Å². The molecule has 0 atom stereocenters. The van der Waals surface area contributed by atoms with E-state index < -0.39 is 22.1 Å². The highest BCUT2D eigenvalue weighted by Crippen LogP contribution is 2.28. The molecule has 0 heterocycles. The first-order valence-corrected chi connectivity index (χ1v) is 4.33. The van der Waals surface area contributed by atoms with Gasteiger partial charge < -0.3 is 10.2 Å². The van der Waals surface area contributed by atoms with Crippen LogP contribution in [-0.4, -0.2) is 27.4 Å². The number of allylic oxidation sites excluding steroid dienone is 1. The third-order valence-corrected chi connectivity index (χ3v) is 2.03. The molecular weight excluding hydrogens is 230 g/mol. The van der Waals surface area contributed by atoms with E-state index in [1.54, 1.807) is 0 Å². The van der Waals surface area contributed by atoms with Crippen molar-refractivity contribution in [2.75, 3.05) is 0 Å². The molecule has 1 aromatic rings. The molecule has 0 spiro atoms. The number of aldehydes is 1. The van der Waals surface area contributed by atoms with Gasteiger partial charge >= 0.3 is 5.97 Å². The van der Waals surface area contributed by atoms with Crippen molar-refractivity contribution in [1.82, 2.24) is 0 Å². The van der Waals surface area contributed by atoms with Gasteiger partial charge in [0.25, 0.3) is 5.69 Å². The monoisotopic (exact) mass is 237 g/mol. The number of nitro benzene ring substituents is 1. The van der Waals surface area contributed by atoms with E-state index in [1.165, 1.54) is 12.1 Å². The van der Waals surface area contributed by atoms with E-state index >= 15 is 0 Å². The van der Waals surface area contributed by atoms with Crippen LogP contribution in [0, 0.1) is 10.1 Å². The first-order chi connectivity index (χ1) is 8.02. The standard InChI is InChI=1S/C10H7NO6/c12-4-6(5-13)7-2-1-3-8(10(14)15)9(7)11(16)17/h1-5,12H,(H,14,15)/b6-4-. The number of aliphatic hydroxyl groups is 1. The average Bonchev–Trinajstić information content (AvgIpc) is 2.30. The van der Waals surface area contributed by atoms with Gasteiger partial charge in [-0.3, -0.25) is 14.9 Å². The summed E-state index contributed by atoms with van der Waals surface area (Å²) in [6.07, 6.45) is 0.592. The van der Waals surface area contributed by atoms with Gasteiger partial charge in [-0.1, -0.05) is 6.07 Å². The number of benzene rings is 1. The van der Waals surface area contributed by atoms with Gasteiger partial charge in [0.1, 0.15) is 5.56 Å². The SMILES string of the molecule is O=C/C(=C/O)c1cccc(C(=O)O)c1[N+](=O)[O-]. The average molecular weight is 237 g/mol. The summed E-state index contributed by atoms with van der Waals surface area (Å²) in [5, 5.41) is 28.3. The molecular formula is C10H7NO6. The highest BCUT2D eigenvalue weighted by Gasteiger charge is 2.25. The molecule has 7 nitrogen and oxygen atoms in total. The van der Waals surface area contributed by atoms with E-state index in [0.717, 1.165) is 6.07 Å². The zero-order valence-electron chi connectivity index (χ0n) is 8.36. The molecule has 0 aliphatic carbocycles. The van der Waals surface area contributed by atoms with Gasteiger partial charge in [0, 0.05) is 0 Å². The van der Waals surface area contributed by atoms with E-state index in [-0.39, 0.29) is 17.4 Å². The van der Waals surface area contributed by atoms with Crippen molar-refractivity contribution in [3.63, 3.8) is 0 Å². The fourth-order valence-electron chi connectivity index (χ4n) is 1.31. The maximum atomic E-state index is 10.8. The predicted molar refractivity (Wildman–Crippen MR) is 56.7 cm³/mol. The molecule has 2 N–H and O–H groups in total. The molecule has 17 heavy (non-hydrogen) atoms. The zero-order valence-corrected chi connectivity index (χ0v) is 8.36. The normalized spacial score (nSPS) is 10.9. The maximum Gasteiger partial charge on any atom is 0.342 e. The largest absolute Gasteiger partial charge is 0.515 e. The lowest BCUT2D eigenvalue weighted by atomic mass is 10.0. The molecule has 0 aliphatic rings. The predicted octanol–water partition coefficient (Wildman–Crippen LogP) is 1.39. The van der Waals surface area contributed by atoms with Gasteiger partial charge in [-0.05, 0) is 12.1 Å². The second kappa shape index (κ2) is 4.88. The molecule has 0 aliphatic heterocycles. The Morgan fingerprint density at radius 2 is 1.94 bits per heavy atom. The summed E-state index contributed by atoms with van der Waals surface area (Å²) in [5.74, 6) is -1.48. The highest BCUT2D eigenvalue weighted by molar-refractivity contribution is 6.10. The van der Waals surface area contributed by atoms with E-state index in [0.29, 0.717) is 6.26 Å². The molecule has 1 aromatic carbocycles. The molecule has 88 valence electrons. The van der Waals surface area contributed by atoms with Crippen LogP contribution in [0.15, 0.2) is 24.5 Å². The van der Waals surface area contributed by atoms with Gasteiger partial charge in [0.15, 0.2) is 6.29 Å². The molecule has 1 rings (SSSR count). The van der Waals surface area contributed by atoms with Gasteiger partial charge in [-0.15, -0.1) is 0 Å². The van der Waals surface area contributed by atoms with Crippen LogP contribution in [-0.2, 0) is 4.79 Å². The number of para-hydroxylation sites is 1. The number of carboxylic acid groups (broad SMARTS) is 1. The molecule has 0 unspecified atom stereocenters. The van der Waals surface area contributed by atoms with Crippen molar-refractivity contribution < 1.29 is 24.7 Å². The molecule has 0 saturated carbocycles. The van der Waals surface area contributed by atoms with Crippen molar-refractivity contribution in [2.45, 2.75) is 0 Å². The Bertz CT molecular complexity index is 520. The summed E-state index contributed by atoms with van der Waals surface area (Å²) >= 11 is 0. The van der Waals surface area contributed by atoms with Crippen molar-refractivity contribution >= 4 is 23.5 Å². The lowest BCUT2D eigenvalue weighted by Crippen LogP contribution is -2.05. The fraction of sp³-hybridized carbons (Fsp3) is 0. The number of carbonyl (C=O) groups excluding carboxylic acids is 1. The van der Waals surface area contributed by atoms with Crippen LogP contribution in [0.3, 0.4) is 0 Å². The summed E-state index contributed by atoms with van der Waals surface area (Å²) in [6, 6.07) is 3.48. The van der Waals surface area contributed by atoms with Crippen molar-refractivity contribution in [1.29, 1.82) is 0 Å². The molecule has 0 saturated heterocycles. The second-order valence-electron chi connectivity index (χ2n) is 2.97. The minimum atomic E-state index is -1.48. The van der Waals surface area contributed by atoms with Crippen LogP contribution in [0.2, 0.25) is 0 Å². The Hall–Kier alpha value is -2.70. The smallest absolute Gasteiger partial charge is 0.342 e. The van der Waals surface area contributed by atoms with Crippen LogP contribution < -0.4 is 0 Å². The van der Waals surface area contributed by atoms with Crippen LogP contribution in [0.5, 0.6) is 0 Å². The minimum absolute atomic E-state index is 0.202. The van der Waals surface area contributed by atoms with Crippen molar-refractivity contribution in [3.05, 3.63) is 45.7 Å². The van der Waals surface area contributed by atoms with Gasteiger partial charge in [-0.2, -0.15) is 0 Å². The molecule has 0 amide bonds. The van der Waals surface area contributed by atoms with E-state index in [4.69, 9.17) is 10.2 Å². The Balaban J connectivity index is 3.62. The fourth-order valence-corrected chi connectivity index (χ4v) is 1.31. The molecule has 0 aromatic heterocycles. The molecule has 0 radical (unpaired) electrons. The third kappa shape index (κ3) is 2.28. The maximum absolute atomic E-state index is 10.8. The minimum Gasteiger partial charge on any atom is -0.515 e. The number of aliphatic hydroxyl groups excluding tert-OH is 1. The molecule has 7 heteroatoms. The second-order valence-corrected chi connectivity index (χ2v) is 2.97. The Kier molecular flexibility index (Phi) is 3.55. The first-order valence-electron chi connectivity index (χ1n) is 4.33. The van der Waals surface area contributed by atoms with Crippen LogP contribution in [0.4, 0.5) is 5.69 Å². The Labute approximate surface area is 94.8 Å². The molecule has 0 fully saturated rings. The third-order valence-electron chi connectivity index (χ3n) is 2.03. The summed E-state index contributed by atoms with van der Waals surface area (Å²) in [6.45, 7) is 0. The number of carbonyl (C=O) groups is 2. The van der Waals surface area contributed by atoms with Gasteiger partial charge in [0.2, 0.25) is 0 Å². The number of aromatic carboxylic acids is 1. The van der Waals surface area contributed by atoms with Crippen molar-refractivity contribution in [2.24, 2.45) is 0 Å². The van der Waals surface area contributed by atoms with Gasteiger partial charge in [0.05, 0.1) is 22.3 Å². The zero-order chi connectivity index (χ0) is 13.0. The van der Waals surface area contributed by atoms with E-state index in [2.05, 4.69) is 0 Å². The lowest BCUT2D eigenvalue weighted by Gasteiger charge is -2.03. The quantitative estimate of drug-likeness (QED) is 0.268. The van der Waals surface area contributed by atoms with Crippen LogP contribution >= 0.6 is 0 Å². The van der Waals surface area contributed by atoms with Gasteiger partial charge in [-0.25, -0.2) is 4.79 Å². The van der Waals surface area contributed by atoms with Crippen molar-refractivity contribution in [3.8, 4) is 0 Å². The number of carboxylic acids is 1. The summed E-state index contributed by atoms with van der Waals surface area (Å²) in [5.41, 5.74) is -1.88.